The molecule has 0 aromatic heterocycles. The molecule has 0 saturated carbocycles. The summed E-state index contributed by atoms with van der Waals surface area (Å²) >= 11 is 0. The Balaban J connectivity index is 3.56. The molecule has 0 saturated heterocycles. The van der Waals surface area contributed by atoms with Crippen molar-refractivity contribution in [2.24, 2.45) is 0 Å². The van der Waals surface area contributed by atoms with Gasteiger partial charge in [-0.2, -0.15) is 8.42 Å². The van der Waals surface area contributed by atoms with E-state index in [0.29, 0.717) is 12.8 Å². The molecule has 0 bridgehead atoms. The van der Waals surface area contributed by atoms with Crippen molar-refractivity contribution in [2.75, 3.05) is 0 Å². The molecule has 0 aliphatic heterocycles. The summed E-state index contributed by atoms with van der Waals surface area (Å²) in [5, 5.41) is 9.52. The summed E-state index contributed by atoms with van der Waals surface area (Å²) in [6.07, 6.45) is 21.3. The summed E-state index contributed by atoms with van der Waals surface area (Å²) in [6, 6.07) is 0. The predicted octanol–water partition coefficient (Wildman–Crippen LogP) is 7.45. The van der Waals surface area contributed by atoms with Crippen molar-refractivity contribution in [2.45, 2.75) is 154 Å². The number of hydrogen-bond donors (Lipinski definition) is 2. The molecule has 0 radical (unpaired) electrons. The van der Waals surface area contributed by atoms with E-state index in [4.69, 9.17) is 0 Å². The second-order valence-corrected chi connectivity index (χ2v) is 10.6. The van der Waals surface area contributed by atoms with Crippen molar-refractivity contribution in [3.05, 3.63) is 0 Å². The minimum absolute atomic E-state index is 0.181. The van der Waals surface area contributed by atoms with Crippen LogP contribution >= 0.6 is 0 Å². The number of rotatable bonds is 22. The minimum Gasteiger partial charge on any atom is -0.393 e. The molecule has 0 aromatic carbocycles. The normalized spacial score (nSPS) is 14.2. The summed E-state index contributed by atoms with van der Waals surface area (Å²) in [5.74, 6) is 0. The summed E-state index contributed by atoms with van der Waals surface area (Å²) in [7, 11) is -3.91. The Kier molecular flexibility index (Phi) is 19.7. The van der Waals surface area contributed by atoms with Gasteiger partial charge >= 0.3 is 0 Å². The first kappa shape index (κ1) is 28.9. The number of aliphatic hydroxyl groups is 1. The van der Waals surface area contributed by atoms with E-state index in [-0.39, 0.29) is 6.10 Å². The second kappa shape index (κ2) is 19.8. The number of unbranched alkanes of at least 4 members (excludes halogenated alkanes) is 13. The molecule has 2 N–H and O–H groups in total. The zero-order chi connectivity index (χ0) is 21.8. The molecule has 0 aliphatic rings. The van der Waals surface area contributed by atoms with E-state index in [0.717, 1.165) is 64.2 Å². The van der Waals surface area contributed by atoms with Gasteiger partial charge in [0.25, 0.3) is 10.1 Å². The minimum atomic E-state index is -3.91. The molecule has 4 nitrogen and oxygen atoms in total. The Bertz CT molecular complexity index is 436. The fraction of sp³-hybridized carbons (Fsp3) is 1.00. The number of hydrogen-bond acceptors (Lipinski definition) is 3. The smallest absolute Gasteiger partial charge is 0.267 e. The molecule has 0 aliphatic carbocycles. The van der Waals surface area contributed by atoms with E-state index < -0.39 is 15.4 Å². The topological polar surface area (TPSA) is 74.6 Å². The van der Waals surface area contributed by atoms with Crippen LogP contribution in [-0.4, -0.2) is 29.4 Å². The largest absolute Gasteiger partial charge is 0.393 e. The molecule has 2 atom stereocenters. The Morgan fingerprint density at radius 2 is 0.862 bits per heavy atom. The molecule has 0 spiro atoms. The lowest BCUT2D eigenvalue weighted by Gasteiger charge is -2.14. The Hall–Kier alpha value is -0.130. The number of aliphatic hydroxyl groups excluding tert-OH is 1. The van der Waals surface area contributed by atoms with Crippen molar-refractivity contribution < 1.29 is 18.1 Å². The molecule has 0 amide bonds. The average molecular weight is 435 g/mol. The van der Waals surface area contributed by atoms with Gasteiger partial charge in [0.05, 0.1) is 11.4 Å². The molecule has 5 heteroatoms. The van der Waals surface area contributed by atoms with Gasteiger partial charge in [0.15, 0.2) is 0 Å². The van der Waals surface area contributed by atoms with Crippen LogP contribution in [0.25, 0.3) is 0 Å². The van der Waals surface area contributed by atoms with Gasteiger partial charge in [0.1, 0.15) is 0 Å². The third-order valence-electron chi connectivity index (χ3n) is 6.01. The quantitative estimate of drug-likeness (QED) is 0.137. The van der Waals surface area contributed by atoms with Gasteiger partial charge in [0.2, 0.25) is 0 Å². The first-order valence-electron chi connectivity index (χ1n) is 12.6. The van der Waals surface area contributed by atoms with E-state index in [1.54, 1.807) is 0 Å². The SMILES string of the molecule is CCCCCCCCCCCC(O)CCCCCCC(CCCCC)S(=O)(=O)O. The van der Waals surface area contributed by atoms with E-state index in [1.165, 1.54) is 51.4 Å². The molecule has 2 unspecified atom stereocenters. The van der Waals surface area contributed by atoms with Gasteiger partial charge in [-0.05, 0) is 25.7 Å². The van der Waals surface area contributed by atoms with Crippen molar-refractivity contribution in [1.82, 2.24) is 0 Å². The standard InChI is InChI=1S/C24H50O4S/c1-3-5-7-8-9-10-11-12-16-19-23(25)20-17-13-14-18-22-24(29(26,27)28)21-15-6-4-2/h23-25H,3-22H2,1-2H3,(H,26,27,28). The third-order valence-corrected chi connectivity index (χ3v) is 7.32. The van der Waals surface area contributed by atoms with Crippen molar-refractivity contribution >= 4 is 10.1 Å². The van der Waals surface area contributed by atoms with Gasteiger partial charge < -0.3 is 5.11 Å². The molecule has 29 heavy (non-hydrogen) atoms. The van der Waals surface area contributed by atoms with Crippen LogP contribution in [0.15, 0.2) is 0 Å². The fourth-order valence-corrected chi connectivity index (χ4v) is 4.93. The highest BCUT2D eigenvalue weighted by molar-refractivity contribution is 7.86. The maximum Gasteiger partial charge on any atom is 0.267 e. The van der Waals surface area contributed by atoms with Crippen LogP contribution < -0.4 is 0 Å². The molecule has 176 valence electrons. The van der Waals surface area contributed by atoms with Crippen molar-refractivity contribution in [3.63, 3.8) is 0 Å². The highest BCUT2D eigenvalue weighted by Crippen LogP contribution is 2.19. The maximum absolute atomic E-state index is 11.5. The van der Waals surface area contributed by atoms with Crippen LogP contribution in [-0.2, 0) is 10.1 Å². The fourth-order valence-electron chi connectivity index (χ4n) is 4.00. The Morgan fingerprint density at radius 1 is 0.552 bits per heavy atom. The van der Waals surface area contributed by atoms with E-state index >= 15 is 0 Å². The zero-order valence-electron chi connectivity index (χ0n) is 19.4. The molecule has 0 aromatic rings. The molecular formula is C24H50O4S. The van der Waals surface area contributed by atoms with E-state index in [2.05, 4.69) is 13.8 Å². The summed E-state index contributed by atoms with van der Waals surface area (Å²) in [4.78, 5) is 0. The Labute approximate surface area is 182 Å². The highest BCUT2D eigenvalue weighted by atomic mass is 32.2. The van der Waals surface area contributed by atoms with Crippen LogP contribution in [0.1, 0.15) is 142 Å². The average Bonchev–Trinajstić information content (AvgIpc) is 2.67. The van der Waals surface area contributed by atoms with E-state index in [1.807, 2.05) is 0 Å². The third kappa shape index (κ3) is 19.6. The van der Waals surface area contributed by atoms with Crippen LogP contribution in [0.3, 0.4) is 0 Å². The molecule has 0 fully saturated rings. The van der Waals surface area contributed by atoms with E-state index in [9.17, 15) is 18.1 Å². The first-order chi connectivity index (χ1) is 13.9. The van der Waals surface area contributed by atoms with Crippen LogP contribution in [0.4, 0.5) is 0 Å². The second-order valence-electron chi connectivity index (χ2n) is 8.90. The highest BCUT2D eigenvalue weighted by Gasteiger charge is 2.21. The summed E-state index contributed by atoms with van der Waals surface area (Å²) in [5.41, 5.74) is 0. The van der Waals surface area contributed by atoms with Gasteiger partial charge in [-0.15, -0.1) is 0 Å². The summed E-state index contributed by atoms with van der Waals surface area (Å²) in [6.45, 7) is 4.34. The van der Waals surface area contributed by atoms with Crippen LogP contribution in [0.2, 0.25) is 0 Å². The van der Waals surface area contributed by atoms with Gasteiger partial charge in [-0.1, -0.05) is 117 Å². The van der Waals surface area contributed by atoms with Crippen molar-refractivity contribution in [1.29, 1.82) is 0 Å². The molecular weight excluding hydrogens is 384 g/mol. The first-order valence-corrected chi connectivity index (χ1v) is 14.1. The van der Waals surface area contributed by atoms with Crippen LogP contribution in [0, 0.1) is 0 Å². The zero-order valence-corrected chi connectivity index (χ0v) is 20.2. The predicted molar refractivity (Wildman–Crippen MR) is 125 cm³/mol. The lowest BCUT2D eigenvalue weighted by atomic mass is 10.0. The maximum atomic E-state index is 11.5. The molecule has 0 heterocycles. The van der Waals surface area contributed by atoms with Gasteiger partial charge in [-0.3, -0.25) is 4.55 Å². The summed E-state index contributed by atoms with van der Waals surface area (Å²) < 4.78 is 32.3. The van der Waals surface area contributed by atoms with Crippen molar-refractivity contribution in [3.8, 4) is 0 Å². The van der Waals surface area contributed by atoms with Gasteiger partial charge in [0, 0.05) is 0 Å². The van der Waals surface area contributed by atoms with Crippen LogP contribution in [0.5, 0.6) is 0 Å². The Morgan fingerprint density at radius 3 is 1.28 bits per heavy atom. The monoisotopic (exact) mass is 434 g/mol. The lowest BCUT2D eigenvalue weighted by molar-refractivity contribution is 0.147. The van der Waals surface area contributed by atoms with Gasteiger partial charge in [-0.25, -0.2) is 0 Å². The molecule has 0 rings (SSSR count). The lowest BCUT2D eigenvalue weighted by Crippen LogP contribution is -2.20.